The highest BCUT2D eigenvalue weighted by molar-refractivity contribution is 6.05. The first kappa shape index (κ1) is 23.3. The van der Waals surface area contributed by atoms with E-state index >= 15 is 0 Å². The van der Waals surface area contributed by atoms with Crippen molar-refractivity contribution in [2.24, 2.45) is 0 Å². The standard InChI is InChI=1S/C28H25N3O5/c1-19(26(32)30-13-15-31(16-14-30)27(33)25-12-7-17-35-25)36-28(34)22-18-24(20-8-3-2-4-9-20)29-23-11-6-5-10-21(22)23/h2-12,17-19H,13-16H2,1H3/t19-/m1/s1. The average Bonchev–Trinajstić information content (AvgIpc) is 3.47. The molecule has 1 atom stereocenters. The van der Waals surface area contributed by atoms with E-state index in [-0.39, 0.29) is 17.6 Å². The van der Waals surface area contributed by atoms with E-state index in [4.69, 9.17) is 14.1 Å². The Hall–Kier alpha value is -4.46. The predicted octanol–water partition coefficient (Wildman–Crippen LogP) is 4.02. The number of carbonyl (C=O) groups excluding carboxylic acids is 3. The van der Waals surface area contributed by atoms with E-state index in [1.165, 1.54) is 6.26 Å². The van der Waals surface area contributed by atoms with Crippen molar-refractivity contribution in [3.8, 4) is 11.3 Å². The highest BCUT2D eigenvalue weighted by Crippen LogP contribution is 2.26. The highest BCUT2D eigenvalue weighted by atomic mass is 16.5. The number of ether oxygens (including phenoxy) is 1. The zero-order valence-electron chi connectivity index (χ0n) is 19.8. The maximum atomic E-state index is 13.2. The fourth-order valence-corrected chi connectivity index (χ4v) is 4.32. The van der Waals surface area contributed by atoms with Crippen molar-refractivity contribution in [3.05, 3.63) is 90.4 Å². The maximum Gasteiger partial charge on any atom is 0.339 e. The molecule has 182 valence electrons. The predicted molar refractivity (Wildman–Crippen MR) is 133 cm³/mol. The molecule has 0 bridgehead atoms. The van der Waals surface area contributed by atoms with Crippen LogP contribution in [0.4, 0.5) is 0 Å². The molecule has 1 aliphatic heterocycles. The van der Waals surface area contributed by atoms with Gasteiger partial charge in [0, 0.05) is 37.1 Å². The first-order chi connectivity index (χ1) is 17.5. The number of nitrogens with zero attached hydrogens (tertiary/aromatic N) is 3. The Morgan fingerprint density at radius 3 is 2.31 bits per heavy atom. The second-order valence-corrected chi connectivity index (χ2v) is 8.58. The summed E-state index contributed by atoms with van der Waals surface area (Å²) >= 11 is 0. The molecule has 0 radical (unpaired) electrons. The third-order valence-corrected chi connectivity index (χ3v) is 6.25. The molecule has 1 fully saturated rings. The Balaban J connectivity index is 1.28. The van der Waals surface area contributed by atoms with E-state index in [0.717, 1.165) is 5.56 Å². The molecule has 5 rings (SSSR count). The molecular formula is C28H25N3O5. The van der Waals surface area contributed by atoms with Crippen LogP contribution in [0.1, 0.15) is 27.8 Å². The van der Waals surface area contributed by atoms with Crippen molar-refractivity contribution in [3.63, 3.8) is 0 Å². The number of amides is 2. The maximum absolute atomic E-state index is 13.2. The number of fused-ring (bicyclic) bond motifs is 1. The first-order valence-corrected chi connectivity index (χ1v) is 11.8. The van der Waals surface area contributed by atoms with Gasteiger partial charge in [-0.1, -0.05) is 48.5 Å². The third-order valence-electron chi connectivity index (χ3n) is 6.25. The van der Waals surface area contributed by atoms with Crippen molar-refractivity contribution < 1.29 is 23.5 Å². The van der Waals surface area contributed by atoms with Gasteiger partial charge in [-0.15, -0.1) is 0 Å². The lowest BCUT2D eigenvalue weighted by atomic mass is 10.0. The molecule has 0 N–H and O–H groups in total. The number of para-hydroxylation sites is 1. The Labute approximate surface area is 208 Å². The fourth-order valence-electron chi connectivity index (χ4n) is 4.32. The zero-order chi connectivity index (χ0) is 25.1. The number of benzene rings is 2. The van der Waals surface area contributed by atoms with Crippen LogP contribution in [0.25, 0.3) is 22.2 Å². The average molecular weight is 484 g/mol. The van der Waals surface area contributed by atoms with Gasteiger partial charge in [0.05, 0.1) is 23.0 Å². The van der Waals surface area contributed by atoms with Gasteiger partial charge in [-0.25, -0.2) is 9.78 Å². The molecule has 0 aliphatic carbocycles. The summed E-state index contributed by atoms with van der Waals surface area (Å²) in [5.74, 6) is -0.810. The summed E-state index contributed by atoms with van der Waals surface area (Å²) in [5, 5.41) is 0.659. The van der Waals surface area contributed by atoms with Crippen molar-refractivity contribution in [2.45, 2.75) is 13.0 Å². The molecule has 2 amide bonds. The van der Waals surface area contributed by atoms with Gasteiger partial charge in [0.25, 0.3) is 11.8 Å². The Bertz CT molecular complexity index is 1390. The lowest BCUT2D eigenvalue weighted by Gasteiger charge is -2.35. The Morgan fingerprint density at radius 1 is 0.889 bits per heavy atom. The van der Waals surface area contributed by atoms with Gasteiger partial charge in [0.2, 0.25) is 0 Å². The van der Waals surface area contributed by atoms with Crippen LogP contribution in [-0.4, -0.2) is 64.9 Å². The van der Waals surface area contributed by atoms with Gasteiger partial charge < -0.3 is 19.0 Å². The number of piperazine rings is 1. The van der Waals surface area contributed by atoms with Gasteiger partial charge in [0.15, 0.2) is 11.9 Å². The molecule has 0 spiro atoms. The summed E-state index contributed by atoms with van der Waals surface area (Å²) < 4.78 is 10.8. The summed E-state index contributed by atoms with van der Waals surface area (Å²) in [5.41, 5.74) is 2.55. The van der Waals surface area contributed by atoms with E-state index in [0.29, 0.717) is 48.3 Å². The molecule has 2 aromatic carbocycles. The van der Waals surface area contributed by atoms with Crippen LogP contribution in [-0.2, 0) is 9.53 Å². The van der Waals surface area contributed by atoms with Crippen molar-refractivity contribution >= 4 is 28.7 Å². The molecule has 8 heteroatoms. The number of furan rings is 1. The van der Waals surface area contributed by atoms with Crippen molar-refractivity contribution in [2.75, 3.05) is 26.2 Å². The Kier molecular flexibility index (Phi) is 6.49. The SMILES string of the molecule is C[C@@H](OC(=O)c1cc(-c2ccccc2)nc2ccccc12)C(=O)N1CCN(C(=O)c2ccco2)CC1. The molecule has 4 aromatic rings. The van der Waals surface area contributed by atoms with Crippen LogP contribution in [0.5, 0.6) is 0 Å². The molecule has 36 heavy (non-hydrogen) atoms. The summed E-state index contributed by atoms with van der Waals surface area (Å²) in [6, 6.07) is 21.9. The van der Waals surface area contributed by atoms with Crippen LogP contribution in [0.15, 0.2) is 83.5 Å². The van der Waals surface area contributed by atoms with E-state index < -0.39 is 12.1 Å². The number of rotatable bonds is 5. The lowest BCUT2D eigenvalue weighted by Crippen LogP contribution is -2.53. The summed E-state index contributed by atoms with van der Waals surface area (Å²) in [6.45, 7) is 3.03. The molecule has 3 heterocycles. The second kappa shape index (κ2) is 10.0. The highest BCUT2D eigenvalue weighted by Gasteiger charge is 2.30. The van der Waals surface area contributed by atoms with Crippen LogP contribution >= 0.6 is 0 Å². The number of carbonyl (C=O) groups is 3. The van der Waals surface area contributed by atoms with Crippen LogP contribution in [0, 0.1) is 0 Å². The number of aromatic nitrogens is 1. The van der Waals surface area contributed by atoms with Crippen LogP contribution < -0.4 is 0 Å². The third kappa shape index (κ3) is 4.70. The molecule has 2 aromatic heterocycles. The summed E-state index contributed by atoms with van der Waals surface area (Å²) in [6.07, 6.45) is 0.481. The summed E-state index contributed by atoms with van der Waals surface area (Å²) in [7, 11) is 0. The molecule has 8 nitrogen and oxygen atoms in total. The normalized spacial score (nSPS) is 14.5. The summed E-state index contributed by atoms with van der Waals surface area (Å²) in [4.78, 5) is 46.7. The van der Waals surface area contributed by atoms with Gasteiger partial charge in [-0.05, 0) is 31.2 Å². The van der Waals surface area contributed by atoms with Crippen LogP contribution in [0.2, 0.25) is 0 Å². The van der Waals surface area contributed by atoms with Crippen LogP contribution in [0.3, 0.4) is 0 Å². The van der Waals surface area contributed by atoms with E-state index in [2.05, 4.69) is 0 Å². The lowest BCUT2D eigenvalue weighted by molar-refractivity contribution is -0.141. The molecular weight excluding hydrogens is 458 g/mol. The molecule has 0 saturated carbocycles. The minimum atomic E-state index is -0.975. The fraction of sp³-hybridized carbons (Fsp3) is 0.214. The first-order valence-electron chi connectivity index (χ1n) is 11.8. The topological polar surface area (TPSA) is 93.0 Å². The Morgan fingerprint density at radius 2 is 1.58 bits per heavy atom. The number of hydrogen-bond acceptors (Lipinski definition) is 6. The zero-order valence-corrected chi connectivity index (χ0v) is 19.8. The number of pyridine rings is 1. The molecule has 1 saturated heterocycles. The monoisotopic (exact) mass is 483 g/mol. The van der Waals surface area contributed by atoms with Gasteiger partial charge in [0.1, 0.15) is 0 Å². The minimum absolute atomic E-state index is 0.203. The molecule has 1 aliphatic rings. The molecule has 0 unspecified atom stereocenters. The smallest absolute Gasteiger partial charge is 0.339 e. The van der Waals surface area contributed by atoms with Crippen molar-refractivity contribution in [1.82, 2.24) is 14.8 Å². The van der Waals surface area contributed by atoms with E-state index in [1.807, 2.05) is 54.6 Å². The van der Waals surface area contributed by atoms with E-state index in [1.54, 1.807) is 34.9 Å². The van der Waals surface area contributed by atoms with E-state index in [9.17, 15) is 14.4 Å². The number of hydrogen-bond donors (Lipinski definition) is 0. The van der Waals surface area contributed by atoms with Gasteiger partial charge >= 0.3 is 5.97 Å². The second-order valence-electron chi connectivity index (χ2n) is 8.58. The minimum Gasteiger partial charge on any atom is -0.459 e. The van der Waals surface area contributed by atoms with Crippen molar-refractivity contribution in [1.29, 1.82) is 0 Å². The van der Waals surface area contributed by atoms with Gasteiger partial charge in [-0.2, -0.15) is 0 Å². The largest absolute Gasteiger partial charge is 0.459 e. The quantitative estimate of drug-likeness (QED) is 0.398. The van der Waals surface area contributed by atoms with Gasteiger partial charge in [-0.3, -0.25) is 9.59 Å². The number of esters is 1.